The van der Waals surface area contributed by atoms with Crippen LogP contribution in [0.3, 0.4) is 0 Å². The molecule has 0 unspecified atom stereocenters. The minimum atomic E-state index is -3.52. The molecule has 21 heavy (non-hydrogen) atoms. The van der Waals surface area contributed by atoms with Crippen LogP contribution in [0.25, 0.3) is 0 Å². The van der Waals surface area contributed by atoms with Gasteiger partial charge < -0.3 is 16.4 Å². The van der Waals surface area contributed by atoms with Crippen molar-refractivity contribution in [1.82, 2.24) is 10.0 Å². The van der Waals surface area contributed by atoms with Crippen LogP contribution >= 0.6 is 0 Å². The van der Waals surface area contributed by atoms with Crippen LogP contribution in [0.1, 0.15) is 20.3 Å². The molecular formula is C13H22N4O3S. The number of hydrogen-bond donors (Lipinski definition) is 4. The highest BCUT2D eigenvalue weighted by Gasteiger charge is 2.13. The van der Waals surface area contributed by atoms with Gasteiger partial charge in [0.2, 0.25) is 15.9 Å². The Hall–Kier alpha value is -1.80. The summed E-state index contributed by atoms with van der Waals surface area (Å²) in [6.45, 7) is 4.14. The van der Waals surface area contributed by atoms with Crippen molar-refractivity contribution >= 4 is 27.3 Å². The predicted molar refractivity (Wildman–Crippen MR) is 83.5 cm³/mol. The average molecular weight is 314 g/mol. The van der Waals surface area contributed by atoms with Gasteiger partial charge >= 0.3 is 0 Å². The Morgan fingerprint density at radius 1 is 1.33 bits per heavy atom. The number of nitrogens with one attached hydrogen (secondary N) is 3. The lowest BCUT2D eigenvalue weighted by atomic mass is 10.2. The molecule has 0 saturated heterocycles. The Morgan fingerprint density at radius 3 is 2.57 bits per heavy atom. The van der Waals surface area contributed by atoms with Gasteiger partial charge in [-0.15, -0.1) is 0 Å². The zero-order valence-corrected chi connectivity index (χ0v) is 13.3. The Kier molecular flexibility index (Phi) is 5.98. The van der Waals surface area contributed by atoms with Crippen LogP contribution in [0.2, 0.25) is 0 Å². The van der Waals surface area contributed by atoms with E-state index in [0.717, 1.165) is 0 Å². The molecule has 0 aliphatic rings. The second-order valence-corrected chi connectivity index (χ2v) is 6.74. The molecule has 0 radical (unpaired) electrons. The maximum atomic E-state index is 11.7. The second kappa shape index (κ2) is 7.28. The maximum Gasteiger partial charge on any atom is 0.240 e. The fourth-order valence-corrected chi connectivity index (χ4v) is 2.43. The van der Waals surface area contributed by atoms with Crippen molar-refractivity contribution in [2.24, 2.45) is 0 Å². The topological polar surface area (TPSA) is 113 Å². The minimum absolute atomic E-state index is 0.0740. The smallest absolute Gasteiger partial charge is 0.240 e. The van der Waals surface area contributed by atoms with Gasteiger partial charge in [-0.25, -0.2) is 13.1 Å². The van der Waals surface area contributed by atoms with E-state index in [1.165, 1.54) is 25.2 Å². The summed E-state index contributed by atoms with van der Waals surface area (Å²) in [5, 5.41) is 5.75. The molecule has 0 saturated carbocycles. The van der Waals surface area contributed by atoms with Crippen LogP contribution < -0.4 is 21.1 Å². The van der Waals surface area contributed by atoms with Gasteiger partial charge in [0, 0.05) is 19.0 Å². The predicted octanol–water partition coefficient (Wildman–Crippen LogP) is 0.503. The molecule has 7 nitrogen and oxygen atoms in total. The first kappa shape index (κ1) is 17.3. The molecular weight excluding hydrogens is 292 g/mol. The summed E-state index contributed by atoms with van der Waals surface area (Å²) in [5.41, 5.74) is 6.71. The molecule has 5 N–H and O–H groups in total. The minimum Gasteiger partial charge on any atom is -0.397 e. The summed E-state index contributed by atoms with van der Waals surface area (Å²) in [7, 11) is -2.18. The summed E-state index contributed by atoms with van der Waals surface area (Å²) >= 11 is 0. The van der Waals surface area contributed by atoms with Crippen molar-refractivity contribution in [3.63, 3.8) is 0 Å². The van der Waals surface area contributed by atoms with Crippen molar-refractivity contribution in [1.29, 1.82) is 0 Å². The number of nitrogen functional groups attached to an aromatic ring is 1. The summed E-state index contributed by atoms with van der Waals surface area (Å²) in [5.74, 6) is -0.0740. The average Bonchev–Trinajstić information content (AvgIpc) is 2.39. The van der Waals surface area contributed by atoms with Crippen molar-refractivity contribution in [2.75, 3.05) is 24.6 Å². The van der Waals surface area contributed by atoms with E-state index in [9.17, 15) is 13.2 Å². The Labute approximate surface area is 125 Å². The van der Waals surface area contributed by atoms with E-state index in [1.807, 2.05) is 13.8 Å². The lowest BCUT2D eigenvalue weighted by Gasteiger charge is -2.12. The molecule has 1 aromatic carbocycles. The first-order chi connectivity index (χ1) is 9.76. The number of benzene rings is 1. The lowest BCUT2D eigenvalue weighted by molar-refractivity contribution is -0.121. The fourth-order valence-electron chi connectivity index (χ4n) is 1.68. The van der Waals surface area contributed by atoms with Gasteiger partial charge in [0.15, 0.2) is 0 Å². The molecule has 0 aromatic heterocycles. The van der Waals surface area contributed by atoms with Gasteiger partial charge in [-0.3, -0.25) is 4.79 Å². The number of carbonyl (C=O) groups is 1. The number of carbonyl (C=O) groups excluding carboxylic acids is 1. The number of hydrogen-bond acceptors (Lipinski definition) is 5. The molecule has 1 amide bonds. The van der Waals surface area contributed by atoms with Gasteiger partial charge in [-0.2, -0.15) is 0 Å². The van der Waals surface area contributed by atoms with Gasteiger partial charge in [-0.1, -0.05) is 0 Å². The summed E-state index contributed by atoms with van der Waals surface area (Å²) in [4.78, 5) is 11.6. The molecule has 0 bridgehead atoms. The molecule has 0 spiro atoms. The van der Waals surface area contributed by atoms with Crippen LogP contribution in [-0.4, -0.2) is 34.0 Å². The van der Waals surface area contributed by atoms with Gasteiger partial charge in [0.25, 0.3) is 0 Å². The number of rotatable bonds is 7. The highest BCUT2D eigenvalue weighted by atomic mass is 32.2. The number of amides is 1. The van der Waals surface area contributed by atoms with Crippen molar-refractivity contribution in [3.8, 4) is 0 Å². The Morgan fingerprint density at radius 2 is 2.00 bits per heavy atom. The third-order valence-corrected chi connectivity index (χ3v) is 4.13. The highest BCUT2D eigenvalue weighted by molar-refractivity contribution is 7.89. The van der Waals surface area contributed by atoms with Crippen LogP contribution in [0, 0.1) is 0 Å². The van der Waals surface area contributed by atoms with Crippen LogP contribution in [0.15, 0.2) is 23.1 Å². The molecule has 118 valence electrons. The summed E-state index contributed by atoms with van der Waals surface area (Å²) < 4.78 is 25.7. The quantitative estimate of drug-likeness (QED) is 0.547. The van der Waals surface area contributed by atoms with Crippen LogP contribution in [-0.2, 0) is 14.8 Å². The number of nitrogens with two attached hydrogens (primary N) is 1. The fraction of sp³-hybridized carbons (Fsp3) is 0.462. The van der Waals surface area contributed by atoms with E-state index in [-0.39, 0.29) is 23.3 Å². The third kappa shape index (κ3) is 5.24. The molecule has 1 rings (SSSR count). The van der Waals surface area contributed by atoms with Crippen molar-refractivity contribution in [2.45, 2.75) is 31.2 Å². The summed E-state index contributed by atoms with van der Waals surface area (Å²) in [6, 6.07) is 4.48. The molecule has 1 aromatic rings. The third-order valence-electron chi connectivity index (χ3n) is 2.72. The maximum absolute atomic E-state index is 11.7. The largest absolute Gasteiger partial charge is 0.397 e. The molecule has 0 aliphatic carbocycles. The van der Waals surface area contributed by atoms with Gasteiger partial charge in [0.05, 0.1) is 16.3 Å². The zero-order valence-electron chi connectivity index (χ0n) is 12.4. The SMILES string of the molecule is CNS(=O)(=O)c1ccc(N)c(NCCC(=O)NC(C)C)c1. The van der Waals surface area contributed by atoms with E-state index >= 15 is 0 Å². The standard InChI is InChI=1S/C13H22N4O3S/c1-9(2)17-13(18)6-7-16-12-8-10(4-5-11(12)14)21(19,20)15-3/h4-5,8-9,15-16H,6-7,14H2,1-3H3,(H,17,18). The highest BCUT2D eigenvalue weighted by Crippen LogP contribution is 2.22. The summed E-state index contributed by atoms with van der Waals surface area (Å²) in [6.07, 6.45) is 0.278. The van der Waals surface area contributed by atoms with E-state index in [4.69, 9.17) is 5.73 Å². The molecule has 0 atom stereocenters. The molecule has 8 heteroatoms. The van der Waals surface area contributed by atoms with Gasteiger partial charge in [-0.05, 0) is 39.1 Å². The lowest BCUT2D eigenvalue weighted by Crippen LogP contribution is -2.31. The van der Waals surface area contributed by atoms with Crippen molar-refractivity contribution in [3.05, 3.63) is 18.2 Å². The van der Waals surface area contributed by atoms with E-state index < -0.39 is 10.0 Å². The van der Waals surface area contributed by atoms with E-state index in [0.29, 0.717) is 17.9 Å². The number of anilines is 2. The first-order valence-corrected chi connectivity index (χ1v) is 8.11. The van der Waals surface area contributed by atoms with Gasteiger partial charge in [0.1, 0.15) is 0 Å². The van der Waals surface area contributed by atoms with E-state index in [2.05, 4.69) is 15.4 Å². The zero-order chi connectivity index (χ0) is 16.0. The van der Waals surface area contributed by atoms with Crippen LogP contribution in [0.4, 0.5) is 11.4 Å². The van der Waals surface area contributed by atoms with Crippen molar-refractivity contribution < 1.29 is 13.2 Å². The van der Waals surface area contributed by atoms with E-state index in [1.54, 1.807) is 0 Å². The molecule has 0 aliphatic heterocycles. The monoisotopic (exact) mass is 314 g/mol. The number of sulfonamides is 1. The second-order valence-electron chi connectivity index (χ2n) is 4.86. The normalized spacial score (nSPS) is 11.4. The van der Waals surface area contributed by atoms with Crippen LogP contribution in [0.5, 0.6) is 0 Å². The Balaban J connectivity index is 2.71. The molecule has 0 fully saturated rings. The first-order valence-electron chi connectivity index (χ1n) is 6.62. The molecule has 0 heterocycles. The Bertz CT molecular complexity index is 599.